The Hall–Kier alpha value is -3.35. The van der Waals surface area contributed by atoms with Crippen LogP contribution in [0.2, 0.25) is 0 Å². The molecular weight excluding hydrogens is 292 g/mol. The van der Waals surface area contributed by atoms with Crippen LogP contribution >= 0.6 is 0 Å². The fourth-order valence-electron chi connectivity index (χ4n) is 1.98. The van der Waals surface area contributed by atoms with Gasteiger partial charge in [0.05, 0.1) is 16.7 Å². The summed E-state index contributed by atoms with van der Waals surface area (Å²) < 4.78 is 0. The van der Waals surface area contributed by atoms with Gasteiger partial charge < -0.3 is 20.4 Å². The maximum atomic E-state index is 12.3. The summed E-state index contributed by atoms with van der Waals surface area (Å²) in [5, 5.41) is 37.6. The minimum atomic E-state index is -1.68. The van der Waals surface area contributed by atoms with Crippen LogP contribution in [0.5, 0.6) is 11.5 Å². The Bertz CT molecular complexity index is 792. The van der Waals surface area contributed by atoms with Crippen LogP contribution in [0.25, 0.3) is 0 Å². The molecule has 0 saturated heterocycles. The Kier molecular flexibility index (Phi) is 3.81. The van der Waals surface area contributed by atoms with Gasteiger partial charge in [0.15, 0.2) is 5.78 Å². The van der Waals surface area contributed by atoms with Gasteiger partial charge in [-0.3, -0.25) is 4.79 Å². The number of aromatic carboxylic acids is 2. The average Bonchev–Trinajstić information content (AvgIpc) is 2.46. The molecule has 112 valence electrons. The second-order valence-electron chi connectivity index (χ2n) is 4.34. The lowest BCUT2D eigenvalue weighted by atomic mass is 9.96. The molecule has 22 heavy (non-hydrogen) atoms. The lowest BCUT2D eigenvalue weighted by Crippen LogP contribution is -2.12. The van der Waals surface area contributed by atoms with E-state index in [0.717, 1.165) is 12.1 Å². The first-order valence-electron chi connectivity index (χ1n) is 5.99. The van der Waals surface area contributed by atoms with Crippen molar-refractivity contribution >= 4 is 17.7 Å². The zero-order valence-electron chi connectivity index (χ0n) is 11.0. The van der Waals surface area contributed by atoms with Gasteiger partial charge in [-0.15, -0.1) is 0 Å². The van der Waals surface area contributed by atoms with Crippen LogP contribution in [0.15, 0.2) is 36.4 Å². The van der Waals surface area contributed by atoms with Gasteiger partial charge in [0.2, 0.25) is 0 Å². The summed E-state index contributed by atoms with van der Waals surface area (Å²) >= 11 is 0. The lowest BCUT2D eigenvalue weighted by molar-refractivity contribution is 0.0648. The topological polar surface area (TPSA) is 132 Å². The number of phenolic OH excluding ortho intramolecular Hbond substituents is 1. The van der Waals surface area contributed by atoms with E-state index in [9.17, 15) is 24.6 Å². The van der Waals surface area contributed by atoms with Crippen LogP contribution in [-0.4, -0.2) is 38.1 Å². The summed E-state index contributed by atoms with van der Waals surface area (Å²) in [7, 11) is 0. The molecule has 0 saturated carbocycles. The van der Waals surface area contributed by atoms with Crippen LogP contribution < -0.4 is 0 Å². The first-order valence-corrected chi connectivity index (χ1v) is 5.99. The Morgan fingerprint density at radius 2 is 1.32 bits per heavy atom. The predicted octanol–water partition coefficient (Wildman–Crippen LogP) is 1.73. The number of aromatic hydroxyl groups is 2. The number of para-hydroxylation sites is 1. The molecule has 0 aliphatic carbocycles. The van der Waals surface area contributed by atoms with Gasteiger partial charge in [-0.05, 0) is 24.3 Å². The second-order valence-corrected chi connectivity index (χ2v) is 4.34. The smallest absolute Gasteiger partial charge is 0.340 e. The number of ketones is 1. The zero-order chi connectivity index (χ0) is 16.4. The third-order valence-corrected chi connectivity index (χ3v) is 3.02. The van der Waals surface area contributed by atoms with Crippen molar-refractivity contribution in [1.82, 2.24) is 0 Å². The number of carbonyl (C=O) groups excluding carboxylic acids is 1. The number of carboxylic acids is 2. The van der Waals surface area contributed by atoms with Gasteiger partial charge in [-0.1, -0.05) is 12.1 Å². The largest absolute Gasteiger partial charge is 0.507 e. The molecule has 0 aliphatic heterocycles. The van der Waals surface area contributed by atoms with Crippen molar-refractivity contribution < 1.29 is 34.8 Å². The fraction of sp³-hybridized carbons (Fsp3) is 0. The number of carbonyl (C=O) groups is 3. The maximum Gasteiger partial charge on any atom is 0.340 e. The molecule has 0 amide bonds. The Labute approximate surface area is 123 Å². The monoisotopic (exact) mass is 302 g/mol. The average molecular weight is 302 g/mol. The molecule has 2 aromatic carbocycles. The van der Waals surface area contributed by atoms with E-state index in [1.54, 1.807) is 0 Å². The molecule has 7 nitrogen and oxygen atoms in total. The third-order valence-electron chi connectivity index (χ3n) is 3.02. The molecule has 0 unspecified atom stereocenters. The highest BCUT2D eigenvalue weighted by Gasteiger charge is 2.26. The zero-order valence-corrected chi connectivity index (χ0v) is 11.0. The van der Waals surface area contributed by atoms with Crippen molar-refractivity contribution in [3.63, 3.8) is 0 Å². The second kappa shape index (κ2) is 5.57. The molecule has 7 heteroatoms. The van der Waals surface area contributed by atoms with Crippen molar-refractivity contribution in [2.75, 3.05) is 0 Å². The van der Waals surface area contributed by atoms with E-state index in [0.29, 0.717) is 0 Å². The highest BCUT2D eigenvalue weighted by Crippen LogP contribution is 2.30. The van der Waals surface area contributed by atoms with Crippen LogP contribution in [0.3, 0.4) is 0 Å². The Morgan fingerprint density at radius 1 is 0.727 bits per heavy atom. The summed E-state index contributed by atoms with van der Waals surface area (Å²) in [5.41, 5.74) is -2.08. The summed E-state index contributed by atoms with van der Waals surface area (Å²) in [5.74, 6) is -5.35. The van der Waals surface area contributed by atoms with Crippen molar-refractivity contribution in [3.8, 4) is 11.5 Å². The summed E-state index contributed by atoms with van der Waals surface area (Å²) in [4.78, 5) is 34.4. The molecule has 0 atom stereocenters. The highest BCUT2D eigenvalue weighted by atomic mass is 16.4. The molecule has 0 fully saturated rings. The number of hydrogen-bond acceptors (Lipinski definition) is 5. The van der Waals surface area contributed by atoms with E-state index < -0.39 is 40.2 Å². The van der Waals surface area contributed by atoms with Crippen molar-refractivity contribution in [2.24, 2.45) is 0 Å². The number of hydrogen-bond donors (Lipinski definition) is 4. The fourth-order valence-corrected chi connectivity index (χ4v) is 1.98. The number of phenols is 2. The van der Waals surface area contributed by atoms with Gasteiger partial charge in [0, 0.05) is 0 Å². The molecule has 0 heterocycles. The summed E-state index contributed by atoms with van der Waals surface area (Å²) in [6, 6.07) is 7.44. The molecule has 4 N–H and O–H groups in total. The van der Waals surface area contributed by atoms with E-state index in [-0.39, 0.29) is 11.3 Å². The van der Waals surface area contributed by atoms with Crippen LogP contribution in [0, 0.1) is 0 Å². The maximum absolute atomic E-state index is 12.3. The van der Waals surface area contributed by atoms with Gasteiger partial charge in [0.1, 0.15) is 17.1 Å². The van der Waals surface area contributed by atoms with Crippen LogP contribution in [0.1, 0.15) is 36.6 Å². The van der Waals surface area contributed by atoms with Gasteiger partial charge in [-0.2, -0.15) is 0 Å². The standard InChI is InChI=1S/C15H10O7/c16-10-4-2-1-3-7(10)12(17)9-6-5-8(14(19)20)11(13(9)18)15(21)22/h1-6,16,18H,(H,19,20)(H,21,22). The molecule has 0 aromatic heterocycles. The van der Waals surface area contributed by atoms with E-state index in [4.69, 9.17) is 10.2 Å². The summed E-state index contributed by atoms with van der Waals surface area (Å²) in [6.45, 7) is 0. The molecule has 2 aromatic rings. The van der Waals surface area contributed by atoms with Gasteiger partial charge in [0.25, 0.3) is 0 Å². The quantitative estimate of drug-likeness (QED) is 0.632. The SMILES string of the molecule is O=C(c1ccccc1O)c1ccc(C(=O)O)c(C(=O)O)c1O. The van der Waals surface area contributed by atoms with E-state index in [1.165, 1.54) is 24.3 Å². The Balaban J connectivity index is 2.65. The van der Waals surface area contributed by atoms with Gasteiger partial charge in [-0.25, -0.2) is 9.59 Å². The van der Waals surface area contributed by atoms with E-state index >= 15 is 0 Å². The number of benzene rings is 2. The van der Waals surface area contributed by atoms with E-state index in [2.05, 4.69) is 0 Å². The molecule has 0 bridgehead atoms. The van der Waals surface area contributed by atoms with E-state index in [1.807, 2.05) is 0 Å². The predicted molar refractivity (Wildman–Crippen MR) is 73.6 cm³/mol. The molecule has 0 aliphatic rings. The lowest BCUT2D eigenvalue weighted by Gasteiger charge is -2.10. The Morgan fingerprint density at radius 3 is 1.86 bits per heavy atom. The minimum absolute atomic E-state index is 0.141. The number of rotatable bonds is 4. The normalized spacial score (nSPS) is 10.2. The molecule has 0 spiro atoms. The van der Waals surface area contributed by atoms with Gasteiger partial charge >= 0.3 is 11.9 Å². The molecule has 0 radical (unpaired) electrons. The molecule has 2 rings (SSSR count). The van der Waals surface area contributed by atoms with Crippen molar-refractivity contribution in [2.45, 2.75) is 0 Å². The first kappa shape index (κ1) is 15.0. The molecular formula is C15H10O7. The minimum Gasteiger partial charge on any atom is -0.507 e. The number of carboxylic acid groups (broad SMARTS) is 2. The van der Waals surface area contributed by atoms with Crippen molar-refractivity contribution in [3.05, 3.63) is 58.7 Å². The van der Waals surface area contributed by atoms with Crippen LogP contribution in [-0.2, 0) is 0 Å². The van der Waals surface area contributed by atoms with Crippen LogP contribution in [0.4, 0.5) is 0 Å². The third kappa shape index (κ3) is 2.47. The first-order chi connectivity index (χ1) is 10.3. The summed E-state index contributed by atoms with van der Waals surface area (Å²) in [6.07, 6.45) is 0. The van der Waals surface area contributed by atoms with Crippen molar-refractivity contribution in [1.29, 1.82) is 0 Å². The highest BCUT2D eigenvalue weighted by molar-refractivity contribution is 6.15.